The highest BCUT2D eigenvalue weighted by Crippen LogP contribution is 2.37. The molecule has 3 rings (SSSR count). The summed E-state index contributed by atoms with van der Waals surface area (Å²) in [5, 5.41) is 15.4. The van der Waals surface area contributed by atoms with Gasteiger partial charge in [-0.1, -0.05) is 35.3 Å². The minimum Gasteiger partial charge on any atom is -0.504 e. The monoisotopic (exact) mass is 446 g/mol. The number of sulfonamides is 1. The number of urea groups is 1. The molecule has 0 radical (unpaired) electrons. The van der Waals surface area contributed by atoms with Crippen LogP contribution in [0.5, 0.6) is 5.75 Å². The maximum absolute atomic E-state index is 12.6. The van der Waals surface area contributed by atoms with Crippen molar-refractivity contribution in [3.63, 3.8) is 0 Å². The van der Waals surface area contributed by atoms with Gasteiger partial charge in [-0.05, 0) is 24.3 Å². The van der Waals surface area contributed by atoms with Crippen molar-refractivity contribution in [1.82, 2.24) is 10.2 Å². The molecule has 150 valence electrons. The summed E-state index contributed by atoms with van der Waals surface area (Å²) in [6, 6.07) is 8.35. The zero-order valence-electron chi connectivity index (χ0n) is 14.2. The fourth-order valence-corrected chi connectivity index (χ4v) is 4.45. The van der Waals surface area contributed by atoms with E-state index in [0.717, 1.165) is 0 Å². The Bertz CT molecular complexity index is 997. The van der Waals surface area contributed by atoms with Crippen LogP contribution in [-0.4, -0.2) is 32.3 Å². The molecule has 1 unspecified atom stereocenters. The number of anilines is 2. The number of hydrogen-bond donors (Lipinski definition) is 5. The van der Waals surface area contributed by atoms with Crippen molar-refractivity contribution >= 4 is 50.6 Å². The van der Waals surface area contributed by atoms with Gasteiger partial charge in [0, 0.05) is 6.42 Å². The Hall–Kier alpha value is -2.08. The third-order valence-corrected chi connectivity index (χ3v) is 6.06. The third-order valence-electron chi connectivity index (χ3n) is 3.75. The van der Waals surface area contributed by atoms with Crippen LogP contribution in [0.25, 0.3) is 0 Å². The predicted molar refractivity (Wildman–Crippen MR) is 105 cm³/mol. The number of carbonyl (C=O) groups is 1. The fourth-order valence-electron chi connectivity index (χ4n) is 2.47. The Morgan fingerprint density at radius 3 is 2.50 bits per heavy atom. The van der Waals surface area contributed by atoms with Gasteiger partial charge in [-0.25, -0.2) is 13.2 Å². The van der Waals surface area contributed by atoms with Gasteiger partial charge in [-0.2, -0.15) is 10.2 Å². The molecule has 0 bridgehead atoms. The van der Waals surface area contributed by atoms with Gasteiger partial charge in [0.25, 0.3) is 0 Å². The second-order valence-corrected chi connectivity index (χ2v) is 8.23. The second kappa shape index (κ2) is 8.52. The first kappa shape index (κ1) is 20.6. The van der Waals surface area contributed by atoms with E-state index in [1.54, 1.807) is 24.3 Å². The quantitative estimate of drug-likeness (QED) is 0.449. The number of hydroxylamine groups is 1. The lowest BCUT2D eigenvalue weighted by Gasteiger charge is -2.16. The number of hydrogen-bond acceptors (Lipinski definition) is 6. The maximum Gasteiger partial charge on any atom is 0.323 e. The molecule has 12 heteroatoms. The lowest BCUT2D eigenvalue weighted by molar-refractivity contribution is 0.0866. The lowest BCUT2D eigenvalue weighted by atomic mass is 10.3. The molecule has 1 atom stereocenters. The first-order chi connectivity index (χ1) is 13.3. The van der Waals surface area contributed by atoms with Crippen LogP contribution in [0.1, 0.15) is 6.42 Å². The van der Waals surface area contributed by atoms with Crippen molar-refractivity contribution in [2.75, 3.05) is 17.2 Å². The summed E-state index contributed by atoms with van der Waals surface area (Å²) < 4.78 is 27.5. The van der Waals surface area contributed by atoms with Crippen LogP contribution in [-0.2, 0) is 14.9 Å². The van der Waals surface area contributed by atoms with Crippen LogP contribution in [0.3, 0.4) is 0 Å². The minimum absolute atomic E-state index is 0.148. The summed E-state index contributed by atoms with van der Waals surface area (Å²) in [7, 11) is -4.20. The van der Waals surface area contributed by atoms with Gasteiger partial charge in [-0.3, -0.25) is 0 Å². The van der Waals surface area contributed by atoms with Crippen molar-refractivity contribution in [1.29, 1.82) is 0 Å². The summed E-state index contributed by atoms with van der Waals surface area (Å²) in [5.74, 6) is -0.701. The molecular weight excluding hydrogens is 431 g/mol. The Kier molecular flexibility index (Phi) is 6.28. The molecule has 1 aliphatic heterocycles. The SMILES string of the molecule is O=C(Nc1ccccc1Cl)Nc1ccc(Cl)c(S(=O)(=O)NC2CCON2)c1O. The second-order valence-electron chi connectivity index (χ2n) is 5.76. The number of phenols is 1. The van der Waals surface area contributed by atoms with Gasteiger partial charge < -0.3 is 20.6 Å². The lowest BCUT2D eigenvalue weighted by Crippen LogP contribution is -2.40. The van der Waals surface area contributed by atoms with Crippen molar-refractivity contribution in [3.05, 3.63) is 46.4 Å². The smallest absolute Gasteiger partial charge is 0.323 e. The molecular formula is C16H16Cl2N4O5S. The zero-order valence-corrected chi connectivity index (χ0v) is 16.5. The van der Waals surface area contributed by atoms with Gasteiger partial charge in [-0.15, -0.1) is 0 Å². The first-order valence-electron chi connectivity index (χ1n) is 8.01. The van der Waals surface area contributed by atoms with Crippen LogP contribution in [0.4, 0.5) is 16.2 Å². The van der Waals surface area contributed by atoms with Gasteiger partial charge in [0.2, 0.25) is 10.0 Å². The highest BCUT2D eigenvalue weighted by Gasteiger charge is 2.29. The molecule has 1 fully saturated rings. The summed E-state index contributed by atoms with van der Waals surface area (Å²) in [6.45, 7) is 0.330. The molecule has 28 heavy (non-hydrogen) atoms. The van der Waals surface area contributed by atoms with E-state index in [1.807, 2.05) is 0 Å². The van der Waals surface area contributed by atoms with Gasteiger partial charge in [0.05, 0.1) is 34.2 Å². The number of carbonyl (C=O) groups excluding carboxylic acids is 1. The number of para-hydroxylation sites is 1. The van der Waals surface area contributed by atoms with Crippen LogP contribution in [0.2, 0.25) is 10.0 Å². The Balaban J connectivity index is 1.82. The van der Waals surface area contributed by atoms with Crippen LogP contribution in [0.15, 0.2) is 41.3 Å². The van der Waals surface area contributed by atoms with Crippen LogP contribution >= 0.6 is 23.2 Å². The van der Waals surface area contributed by atoms with Gasteiger partial charge in [0.1, 0.15) is 4.90 Å². The molecule has 2 aromatic carbocycles. The minimum atomic E-state index is -4.20. The molecule has 0 saturated carbocycles. The number of benzene rings is 2. The average Bonchev–Trinajstić information content (AvgIpc) is 3.11. The van der Waals surface area contributed by atoms with Crippen LogP contribution < -0.4 is 20.8 Å². The van der Waals surface area contributed by atoms with E-state index in [4.69, 9.17) is 28.0 Å². The number of amides is 2. The molecule has 9 nitrogen and oxygen atoms in total. The van der Waals surface area contributed by atoms with Gasteiger partial charge >= 0.3 is 6.03 Å². The number of rotatable bonds is 5. The highest BCUT2D eigenvalue weighted by atomic mass is 35.5. The summed E-state index contributed by atoms with van der Waals surface area (Å²) >= 11 is 12.0. The van der Waals surface area contributed by atoms with E-state index in [-0.39, 0.29) is 10.7 Å². The normalized spacial score (nSPS) is 16.7. The molecule has 2 aromatic rings. The van der Waals surface area contributed by atoms with E-state index in [0.29, 0.717) is 23.7 Å². The largest absolute Gasteiger partial charge is 0.504 e. The number of phenolic OH excluding ortho intramolecular Hbond substituents is 1. The highest BCUT2D eigenvalue weighted by molar-refractivity contribution is 7.89. The van der Waals surface area contributed by atoms with E-state index < -0.39 is 32.9 Å². The fraction of sp³-hybridized carbons (Fsp3) is 0.188. The zero-order chi connectivity index (χ0) is 20.3. The molecule has 1 aliphatic rings. The van der Waals surface area contributed by atoms with E-state index in [9.17, 15) is 18.3 Å². The molecule has 0 aromatic heterocycles. The molecule has 2 amide bonds. The summed E-state index contributed by atoms with van der Waals surface area (Å²) in [5.41, 5.74) is 2.69. The Morgan fingerprint density at radius 1 is 1.11 bits per heavy atom. The molecule has 1 heterocycles. The number of halogens is 2. The summed E-state index contributed by atoms with van der Waals surface area (Å²) in [4.78, 5) is 16.5. The standard InChI is InChI=1S/C16H16Cl2N4O5S/c17-9-3-1-2-4-11(9)19-16(24)20-12-6-5-10(18)15(14(12)23)28(25,26)22-13-7-8-27-21-13/h1-6,13,21-23H,7-8H2,(H2,19,20,24). The summed E-state index contributed by atoms with van der Waals surface area (Å²) in [6.07, 6.45) is -0.268. The topological polar surface area (TPSA) is 129 Å². The molecule has 5 N–H and O–H groups in total. The van der Waals surface area contributed by atoms with Crippen molar-refractivity contribution in [2.24, 2.45) is 0 Å². The Morgan fingerprint density at radius 2 is 1.82 bits per heavy atom. The van der Waals surface area contributed by atoms with Crippen molar-refractivity contribution in [2.45, 2.75) is 17.5 Å². The molecule has 0 spiro atoms. The van der Waals surface area contributed by atoms with Crippen LogP contribution in [0, 0.1) is 0 Å². The molecule has 0 aliphatic carbocycles. The van der Waals surface area contributed by atoms with E-state index in [1.165, 1.54) is 12.1 Å². The van der Waals surface area contributed by atoms with Crippen molar-refractivity contribution in [3.8, 4) is 5.75 Å². The predicted octanol–water partition coefficient (Wildman–Crippen LogP) is 2.87. The van der Waals surface area contributed by atoms with Gasteiger partial charge in [0.15, 0.2) is 5.75 Å². The average molecular weight is 447 g/mol. The van der Waals surface area contributed by atoms with Crippen molar-refractivity contribution < 1.29 is 23.2 Å². The maximum atomic E-state index is 12.6. The first-order valence-corrected chi connectivity index (χ1v) is 10.3. The third kappa shape index (κ3) is 4.66. The molecule has 1 saturated heterocycles. The Labute approximate surface area is 171 Å². The number of nitrogens with one attached hydrogen (secondary N) is 4. The van der Waals surface area contributed by atoms with E-state index >= 15 is 0 Å². The number of aromatic hydroxyl groups is 1. The van der Waals surface area contributed by atoms with E-state index in [2.05, 4.69) is 20.8 Å².